The van der Waals surface area contributed by atoms with Crippen LogP contribution >= 0.6 is 0 Å². The Kier molecular flexibility index (Phi) is 3.78. The summed E-state index contributed by atoms with van der Waals surface area (Å²) < 4.78 is 5.12. The minimum atomic E-state index is 0.832. The fourth-order valence-electron chi connectivity index (χ4n) is 2.06. The summed E-state index contributed by atoms with van der Waals surface area (Å²) in [5.41, 5.74) is 5.83. The number of ether oxygens (including phenoxy) is 1. The molecule has 3 rings (SSSR count). The quantitative estimate of drug-likeness (QED) is 0.584. The molecule has 3 aromatic rings. The first-order valence-corrected chi connectivity index (χ1v) is 6.64. The fourth-order valence-corrected chi connectivity index (χ4v) is 2.06. The summed E-state index contributed by atoms with van der Waals surface area (Å²) in [5, 5.41) is 5.35. The lowest BCUT2D eigenvalue weighted by Gasteiger charge is -2.04. The van der Waals surface area contributed by atoms with Gasteiger partial charge in [-0.15, -0.1) is 0 Å². The molecule has 2 aromatic carbocycles. The van der Waals surface area contributed by atoms with Gasteiger partial charge in [0, 0.05) is 11.6 Å². The molecule has 0 aliphatic rings. The maximum atomic E-state index is 5.12. The van der Waals surface area contributed by atoms with Gasteiger partial charge in [0.25, 0.3) is 0 Å². The second kappa shape index (κ2) is 6.05. The average Bonchev–Trinajstić information content (AvgIpc) is 2.56. The zero-order valence-corrected chi connectivity index (χ0v) is 11.7. The maximum absolute atomic E-state index is 5.12. The van der Waals surface area contributed by atoms with Crippen LogP contribution in [-0.2, 0) is 0 Å². The number of nitrogens with one attached hydrogen (secondary N) is 1. The van der Waals surface area contributed by atoms with Gasteiger partial charge in [0.2, 0.25) is 0 Å². The maximum Gasteiger partial charge on any atom is 0.118 e. The molecule has 21 heavy (non-hydrogen) atoms. The van der Waals surface area contributed by atoms with Gasteiger partial charge in [-0.05, 0) is 42.0 Å². The van der Waals surface area contributed by atoms with Gasteiger partial charge in [-0.3, -0.25) is 10.4 Å². The van der Waals surface area contributed by atoms with E-state index in [9.17, 15) is 0 Å². The predicted octanol–water partition coefficient (Wildman–Crippen LogP) is 3.69. The van der Waals surface area contributed by atoms with E-state index in [1.54, 1.807) is 19.5 Å². The van der Waals surface area contributed by atoms with Crippen molar-refractivity contribution in [1.29, 1.82) is 0 Å². The second-order valence-corrected chi connectivity index (χ2v) is 4.52. The monoisotopic (exact) mass is 277 g/mol. The molecule has 4 heteroatoms. The molecule has 0 bridgehead atoms. The summed E-state index contributed by atoms with van der Waals surface area (Å²) in [6.07, 6.45) is 3.54. The predicted molar refractivity (Wildman–Crippen MR) is 86.0 cm³/mol. The molecule has 0 radical (unpaired) electrons. The van der Waals surface area contributed by atoms with Crippen LogP contribution in [0.3, 0.4) is 0 Å². The van der Waals surface area contributed by atoms with Crippen molar-refractivity contribution in [2.24, 2.45) is 5.10 Å². The van der Waals surface area contributed by atoms with Crippen LogP contribution in [0, 0.1) is 0 Å². The Hall–Kier alpha value is -2.88. The second-order valence-electron chi connectivity index (χ2n) is 4.52. The summed E-state index contributed by atoms with van der Waals surface area (Å²) in [6, 6.07) is 17.6. The Morgan fingerprint density at radius 2 is 1.86 bits per heavy atom. The number of para-hydroxylation sites is 1. The highest BCUT2D eigenvalue weighted by atomic mass is 16.5. The molecule has 104 valence electrons. The van der Waals surface area contributed by atoms with Gasteiger partial charge in [0.1, 0.15) is 5.75 Å². The fraction of sp³-hybridized carbons (Fsp3) is 0.0588. The number of hydrogen-bond donors (Lipinski definition) is 1. The van der Waals surface area contributed by atoms with E-state index in [4.69, 9.17) is 4.74 Å². The lowest BCUT2D eigenvalue weighted by Crippen LogP contribution is -1.93. The molecule has 1 aromatic heterocycles. The van der Waals surface area contributed by atoms with E-state index in [-0.39, 0.29) is 0 Å². The number of aromatic nitrogens is 1. The average molecular weight is 277 g/mol. The van der Waals surface area contributed by atoms with Crippen molar-refractivity contribution in [1.82, 2.24) is 4.98 Å². The van der Waals surface area contributed by atoms with Crippen LogP contribution in [0.4, 0.5) is 5.69 Å². The van der Waals surface area contributed by atoms with Crippen LogP contribution in [0.25, 0.3) is 10.9 Å². The zero-order chi connectivity index (χ0) is 14.5. The van der Waals surface area contributed by atoms with E-state index in [1.165, 1.54) is 0 Å². The largest absolute Gasteiger partial charge is 0.497 e. The van der Waals surface area contributed by atoms with Gasteiger partial charge in [-0.2, -0.15) is 5.10 Å². The molecule has 0 aliphatic heterocycles. The number of hydrogen-bond acceptors (Lipinski definition) is 4. The number of hydrazone groups is 1. The van der Waals surface area contributed by atoms with Crippen LogP contribution in [0.5, 0.6) is 5.75 Å². The SMILES string of the molecule is COc1ccc(/C=N/Nc2cccc3cccnc23)cc1. The third-order valence-corrected chi connectivity index (χ3v) is 3.15. The summed E-state index contributed by atoms with van der Waals surface area (Å²) in [5.74, 6) is 0.832. The molecule has 0 saturated heterocycles. The summed E-state index contributed by atoms with van der Waals surface area (Å²) >= 11 is 0. The Labute approximate surface area is 123 Å². The number of nitrogens with zero attached hydrogens (tertiary/aromatic N) is 2. The number of benzene rings is 2. The first kappa shape index (κ1) is 13.1. The topological polar surface area (TPSA) is 46.5 Å². The number of methoxy groups -OCH3 is 1. The van der Waals surface area contributed by atoms with Gasteiger partial charge in [0.15, 0.2) is 0 Å². The number of rotatable bonds is 4. The Bertz CT molecular complexity index is 761. The van der Waals surface area contributed by atoms with Gasteiger partial charge in [-0.25, -0.2) is 0 Å². The number of pyridine rings is 1. The van der Waals surface area contributed by atoms with Crippen LogP contribution in [0.15, 0.2) is 65.9 Å². The van der Waals surface area contributed by atoms with Gasteiger partial charge >= 0.3 is 0 Å². The van der Waals surface area contributed by atoms with Gasteiger partial charge in [-0.1, -0.05) is 18.2 Å². The number of fused-ring (bicyclic) bond motifs is 1. The molecule has 0 spiro atoms. The Balaban J connectivity index is 1.78. The van der Waals surface area contributed by atoms with Crippen molar-refractivity contribution in [3.8, 4) is 5.75 Å². The van der Waals surface area contributed by atoms with Gasteiger partial charge in [0.05, 0.1) is 24.5 Å². The molecule has 1 N–H and O–H groups in total. The molecule has 4 nitrogen and oxygen atoms in total. The zero-order valence-electron chi connectivity index (χ0n) is 11.7. The molecule has 0 fully saturated rings. The van der Waals surface area contributed by atoms with Crippen LogP contribution < -0.4 is 10.2 Å². The first-order valence-electron chi connectivity index (χ1n) is 6.64. The van der Waals surface area contributed by atoms with E-state index in [1.807, 2.05) is 54.6 Å². The highest BCUT2D eigenvalue weighted by molar-refractivity contribution is 5.90. The van der Waals surface area contributed by atoms with Crippen molar-refractivity contribution in [3.63, 3.8) is 0 Å². The van der Waals surface area contributed by atoms with Crippen LogP contribution in [0.1, 0.15) is 5.56 Å². The van der Waals surface area contributed by atoms with Crippen molar-refractivity contribution in [3.05, 3.63) is 66.4 Å². The highest BCUT2D eigenvalue weighted by Gasteiger charge is 1.99. The highest BCUT2D eigenvalue weighted by Crippen LogP contribution is 2.20. The normalized spacial score (nSPS) is 10.9. The number of anilines is 1. The standard InChI is InChI=1S/C17H15N3O/c1-21-15-9-7-13(8-10-15)12-19-20-16-6-2-4-14-5-3-11-18-17(14)16/h2-12,20H,1H3/b19-12+. The Morgan fingerprint density at radius 1 is 1.05 bits per heavy atom. The summed E-state index contributed by atoms with van der Waals surface area (Å²) in [4.78, 5) is 4.38. The third-order valence-electron chi connectivity index (χ3n) is 3.15. The van der Waals surface area contributed by atoms with Gasteiger partial charge < -0.3 is 4.74 Å². The van der Waals surface area contributed by atoms with E-state index in [2.05, 4.69) is 15.5 Å². The van der Waals surface area contributed by atoms with Crippen molar-refractivity contribution < 1.29 is 4.74 Å². The molecular weight excluding hydrogens is 262 g/mol. The van der Waals surface area contributed by atoms with Crippen LogP contribution in [0.2, 0.25) is 0 Å². The summed E-state index contributed by atoms with van der Waals surface area (Å²) in [7, 11) is 1.65. The summed E-state index contributed by atoms with van der Waals surface area (Å²) in [6.45, 7) is 0. The Morgan fingerprint density at radius 3 is 2.67 bits per heavy atom. The van der Waals surface area contributed by atoms with E-state index < -0.39 is 0 Å². The van der Waals surface area contributed by atoms with Crippen molar-refractivity contribution >= 4 is 22.8 Å². The van der Waals surface area contributed by atoms with E-state index in [0.717, 1.165) is 27.9 Å². The molecule has 0 aliphatic carbocycles. The molecule has 0 atom stereocenters. The third kappa shape index (κ3) is 3.00. The van der Waals surface area contributed by atoms with Crippen molar-refractivity contribution in [2.75, 3.05) is 12.5 Å². The van der Waals surface area contributed by atoms with E-state index in [0.29, 0.717) is 0 Å². The minimum absolute atomic E-state index is 0.832. The van der Waals surface area contributed by atoms with Crippen molar-refractivity contribution in [2.45, 2.75) is 0 Å². The smallest absolute Gasteiger partial charge is 0.118 e. The van der Waals surface area contributed by atoms with Crippen LogP contribution in [-0.4, -0.2) is 18.3 Å². The first-order chi connectivity index (χ1) is 10.4. The molecule has 0 saturated carbocycles. The molecule has 0 amide bonds. The molecule has 1 heterocycles. The molecule has 0 unspecified atom stereocenters. The lowest BCUT2D eigenvalue weighted by atomic mass is 10.2. The molecular formula is C17H15N3O. The minimum Gasteiger partial charge on any atom is -0.497 e. The lowest BCUT2D eigenvalue weighted by molar-refractivity contribution is 0.415. The van der Waals surface area contributed by atoms with E-state index >= 15 is 0 Å².